The second kappa shape index (κ2) is 11.3. The number of hydrogen-bond acceptors (Lipinski definition) is 4. The van der Waals surface area contributed by atoms with Crippen molar-refractivity contribution in [3.05, 3.63) is 0 Å². The zero-order valence-corrected chi connectivity index (χ0v) is 10.6. The van der Waals surface area contributed by atoms with E-state index in [9.17, 15) is 9.59 Å². The smallest absolute Gasteiger partial charge is 0.222 e. The van der Waals surface area contributed by atoms with Crippen LogP contribution >= 0.6 is 0 Å². The predicted molar refractivity (Wildman–Crippen MR) is 63.6 cm³/mol. The predicted octanol–water partition coefficient (Wildman–Crippen LogP) is -0.318. The zero-order valence-electron chi connectivity index (χ0n) is 10.6. The van der Waals surface area contributed by atoms with Gasteiger partial charge in [0.1, 0.15) is 0 Å². The third-order valence-electron chi connectivity index (χ3n) is 2.07. The van der Waals surface area contributed by atoms with Crippen molar-refractivity contribution in [3.63, 3.8) is 0 Å². The van der Waals surface area contributed by atoms with E-state index in [0.717, 1.165) is 6.42 Å². The molecule has 0 unspecified atom stereocenters. The number of methoxy groups -OCH3 is 1. The summed E-state index contributed by atoms with van der Waals surface area (Å²) >= 11 is 0. The molecule has 0 aromatic heterocycles. The molecular weight excluding hydrogens is 224 g/mol. The molecule has 0 aromatic rings. The Morgan fingerprint density at radius 2 is 1.82 bits per heavy atom. The maximum absolute atomic E-state index is 11.2. The Morgan fingerprint density at radius 1 is 1.06 bits per heavy atom. The van der Waals surface area contributed by atoms with E-state index in [-0.39, 0.29) is 11.8 Å². The van der Waals surface area contributed by atoms with Crippen LogP contribution in [0.4, 0.5) is 0 Å². The van der Waals surface area contributed by atoms with Gasteiger partial charge < -0.3 is 20.1 Å². The Kier molecular flexibility index (Phi) is 10.6. The molecule has 2 amide bonds. The van der Waals surface area contributed by atoms with E-state index < -0.39 is 0 Å². The fraction of sp³-hybridized carbons (Fsp3) is 0.818. The zero-order chi connectivity index (χ0) is 12.9. The average Bonchev–Trinajstić information content (AvgIpc) is 2.33. The SMILES string of the molecule is CNC(=O)CCOCCNC(=O)CCCOC. The van der Waals surface area contributed by atoms with Crippen LogP contribution in [-0.4, -0.2) is 52.3 Å². The van der Waals surface area contributed by atoms with E-state index >= 15 is 0 Å². The Morgan fingerprint density at radius 3 is 2.47 bits per heavy atom. The molecule has 0 aliphatic heterocycles. The minimum absolute atomic E-state index is 0.00282. The van der Waals surface area contributed by atoms with Gasteiger partial charge in [-0.15, -0.1) is 0 Å². The van der Waals surface area contributed by atoms with Crippen molar-refractivity contribution >= 4 is 11.8 Å². The molecule has 6 nitrogen and oxygen atoms in total. The summed E-state index contributed by atoms with van der Waals surface area (Å²) in [5.74, 6) is -0.0504. The summed E-state index contributed by atoms with van der Waals surface area (Å²) in [5, 5.41) is 5.23. The Bertz CT molecular complexity index is 222. The lowest BCUT2D eigenvalue weighted by molar-refractivity contribution is -0.123. The van der Waals surface area contributed by atoms with Gasteiger partial charge >= 0.3 is 0 Å². The second-order valence-electron chi connectivity index (χ2n) is 3.48. The lowest BCUT2D eigenvalue weighted by atomic mass is 10.3. The molecule has 0 bridgehead atoms. The molecule has 0 aliphatic rings. The molecule has 0 radical (unpaired) electrons. The van der Waals surface area contributed by atoms with Crippen LogP contribution in [0.15, 0.2) is 0 Å². The maximum atomic E-state index is 11.2. The Balaban J connectivity index is 3.22. The molecule has 0 heterocycles. The second-order valence-corrected chi connectivity index (χ2v) is 3.48. The monoisotopic (exact) mass is 246 g/mol. The molecule has 6 heteroatoms. The quantitative estimate of drug-likeness (QED) is 0.518. The first-order chi connectivity index (χ1) is 8.20. The van der Waals surface area contributed by atoms with Gasteiger partial charge in [-0.2, -0.15) is 0 Å². The standard InChI is InChI=1S/C11H22N2O4/c1-12-10(14)5-8-17-9-6-13-11(15)4-3-7-16-2/h3-9H2,1-2H3,(H,12,14)(H,13,15). The minimum atomic E-state index is -0.0476. The molecule has 0 fully saturated rings. The third-order valence-corrected chi connectivity index (χ3v) is 2.07. The minimum Gasteiger partial charge on any atom is -0.385 e. The molecule has 0 saturated heterocycles. The lowest BCUT2D eigenvalue weighted by Gasteiger charge is -2.06. The number of nitrogens with one attached hydrogen (secondary N) is 2. The van der Waals surface area contributed by atoms with Gasteiger partial charge in [0.15, 0.2) is 0 Å². The number of carbonyl (C=O) groups is 2. The summed E-state index contributed by atoms with van der Waals surface area (Å²) in [6, 6.07) is 0. The Labute approximate surface area is 102 Å². The van der Waals surface area contributed by atoms with Crippen LogP contribution in [0.2, 0.25) is 0 Å². The van der Waals surface area contributed by atoms with Crippen molar-refractivity contribution in [2.24, 2.45) is 0 Å². The lowest BCUT2D eigenvalue weighted by Crippen LogP contribution is -2.27. The van der Waals surface area contributed by atoms with Gasteiger partial charge in [0.25, 0.3) is 0 Å². The van der Waals surface area contributed by atoms with Crippen molar-refractivity contribution in [3.8, 4) is 0 Å². The number of rotatable bonds is 10. The topological polar surface area (TPSA) is 76.7 Å². The molecule has 0 aliphatic carbocycles. The van der Waals surface area contributed by atoms with Crippen LogP contribution in [0, 0.1) is 0 Å². The van der Waals surface area contributed by atoms with Gasteiger partial charge in [-0.25, -0.2) is 0 Å². The molecule has 0 aromatic carbocycles. The first-order valence-corrected chi connectivity index (χ1v) is 5.74. The molecular formula is C11H22N2O4. The fourth-order valence-electron chi connectivity index (χ4n) is 1.12. The van der Waals surface area contributed by atoms with Crippen LogP contribution in [0.5, 0.6) is 0 Å². The molecule has 0 rings (SSSR count). The summed E-state index contributed by atoms with van der Waals surface area (Å²) < 4.78 is 10.0. The molecule has 2 N–H and O–H groups in total. The van der Waals surface area contributed by atoms with Gasteiger partial charge in [0, 0.05) is 40.2 Å². The maximum Gasteiger partial charge on any atom is 0.222 e. The summed E-state index contributed by atoms with van der Waals surface area (Å²) in [5.41, 5.74) is 0. The fourth-order valence-corrected chi connectivity index (χ4v) is 1.12. The highest BCUT2D eigenvalue weighted by Gasteiger charge is 2.00. The first-order valence-electron chi connectivity index (χ1n) is 5.74. The summed E-state index contributed by atoms with van der Waals surface area (Å²) in [7, 11) is 3.20. The highest BCUT2D eigenvalue weighted by Crippen LogP contribution is 1.89. The normalized spacial score (nSPS) is 10.0. The van der Waals surface area contributed by atoms with Crippen LogP contribution in [0.3, 0.4) is 0 Å². The number of carbonyl (C=O) groups excluding carboxylic acids is 2. The van der Waals surface area contributed by atoms with Crippen LogP contribution in [0.1, 0.15) is 19.3 Å². The largest absolute Gasteiger partial charge is 0.385 e. The van der Waals surface area contributed by atoms with Gasteiger partial charge in [0.2, 0.25) is 11.8 Å². The van der Waals surface area contributed by atoms with Crippen molar-refractivity contribution in [1.29, 1.82) is 0 Å². The molecule has 0 saturated carbocycles. The third kappa shape index (κ3) is 11.1. The number of ether oxygens (including phenoxy) is 2. The molecule has 0 spiro atoms. The van der Waals surface area contributed by atoms with Crippen molar-refractivity contribution in [2.45, 2.75) is 19.3 Å². The number of hydrogen-bond donors (Lipinski definition) is 2. The van der Waals surface area contributed by atoms with Crippen LogP contribution < -0.4 is 10.6 Å². The van der Waals surface area contributed by atoms with Gasteiger partial charge in [-0.05, 0) is 6.42 Å². The summed E-state index contributed by atoms with van der Waals surface area (Å²) in [4.78, 5) is 22.0. The number of amides is 2. The van der Waals surface area contributed by atoms with E-state index in [1.165, 1.54) is 0 Å². The first kappa shape index (κ1) is 15.9. The average molecular weight is 246 g/mol. The van der Waals surface area contributed by atoms with Gasteiger partial charge in [-0.1, -0.05) is 0 Å². The molecule has 0 atom stereocenters. The van der Waals surface area contributed by atoms with Crippen LogP contribution in [0.25, 0.3) is 0 Å². The van der Waals surface area contributed by atoms with E-state index in [0.29, 0.717) is 39.2 Å². The molecule has 17 heavy (non-hydrogen) atoms. The van der Waals surface area contributed by atoms with Crippen LogP contribution in [-0.2, 0) is 19.1 Å². The van der Waals surface area contributed by atoms with Crippen molar-refractivity contribution in [1.82, 2.24) is 10.6 Å². The van der Waals surface area contributed by atoms with Crippen molar-refractivity contribution < 1.29 is 19.1 Å². The van der Waals surface area contributed by atoms with Gasteiger partial charge in [-0.3, -0.25) is 9.59 Å². The van der Waals surface area contributed by atoms with Gasteiger partial charge in [0.05, 0.1) is 13.2 Å². The summed E-state index contributed by atoms with van der Waals surface area (Å²) in [6.07, 6.45) is 1.53. The van der Waals surface area contributed by atoms with E-state index in [2.05, 4.69) is 10.6 Å². The van der Waals surface area contributed by atoms with Crippen molar-refractivity contribution in [2.75, 3.05) is 40.5 Å². The Hall–Kier alpha value is -1.14. The molecule has 100 valence electrons. The van der Waals surface area contributed by atoms with E-state index in [4.69, 9.17) is 9.47 Å². The van der Waals surface area contributed by atoms with E-state index in [1.807, 2.05) is 0 Å². The highest BCUT2D eigenvalue weighted by atomic mass is 16.5. The van der Waals surface area contributed by atoms with E-state index in [1.54, 1.807) is 14.2 Å². The highest BCUT2D eigenvalue weighted by molar-refractivity contribution is 5.76. The summed E-state index contributed by atoms with van der Waals surface area (Å²) in [6.45, 7) is 1.86.